The molecule has 0 saturated carbocycles. The van der Waals surface area contributed by atoms with E-state index in [1.807, 2.05) is 6.07 Å². The van der Waals surface area contributed by atoms with E-state index in [9.17, 15) is 5.11 Å². The van der Waals surface area contributed by atoms with Crippen LogP contribution in [0.3, 0.4) is 0 Å². The van der Waals surface area contributed by atoms with E-state index in [0.29, 0.717) is 0 Å². The zero-order valence-corrected chi connectivity index (χ0v) is 8.89. The van der Waals surface area contributed by atoms with Gasteiger partial charge in [-0.15, -0.1) is 0 Å². The van der Waals surface area contributed by atoms with Crippen LogP contribution >= 0.6 is 34.8 Å². The van der Waals surface area contributed by atoms with Crippen LogP contribution in [-0.2, 0) is 6.42 Å². The second-order valence-corrected chi connectivity index (χ2v) is 4.99. The fourth-order valence-electron chi connectivity index (χ4n) is 0.858. The van der Waals surface area contributed by atoms with Crippen molar-refractivity contribution >= 4 is 34.8 Å². The van der Waals surface area contributed by atoms with Gasteiger partial charge in [-0.2, -0.15) is 0 Å². The van der Waals surface area contributed by atoms with Crippen molar-refractivity contribution in [2.75, 3.05) is 0 Å². The Bertz CT molecular complexity index is 260. The first-order valence-corrected chi connectivity index (χ1v) is 4.77. The number of alkyl halides is 3. The van der Waals surface area contributed by atoms with E-state index in [0.717, 1.165) is 5.56 Å². The molecule has 13 heavy (non-hydrogen) atoms. The first-order valence-electron chi connectivity index (χ1n) is 3.64. The maximum atomic E-state index is 9.42. The summed E-state index contributed by atoms with van der Waals surface area (Å²) in [7, 11) is 0. The largest absolute Gasteiger partial charge is 0.388 e. The van der Waals surface area contributed by atoms with E-state index in [1.54, 1.807) is 18.5 Å². The van der Waals surface area contributed by atoms with Crippen molar-refractivity contribution in [3.63, 3.8) is 0 Å². The maximum Gasteiger partial charge on any atom is 0.216 e. The molecule has 1 heterocycles. The molecular formula is C8H8Cl3NO. The monoisotopic (exact) mass is 239 g/mol. The summed E-state index contributed by atoms with van der Waals surface area (Å²) in [6, 6.07) is 3.58. The number of nitrogens with zero attached hydrogens (tertiary/aromatic N) is 1. The summed E-state index contributed by atoms with van der Waals surface area (Å²) < 4.78 is -1.64. The lowest BCUT2D eigenvalue weighted by Crippen LogP contribution is -2.27. The number of hydrogen-bond acceptors (Lipinski definition) is 2. The Balaban J connectivity index is 2.61. The van der Waals surface area contributed by atoms with Crippen LogP contribution in [0.1, 0.15) is 5.56 Å². The molecule has 1 atom stereocenters. The van der Waals surface area contributed by atoms with Gasteiger partial charge in [0.15, 0.2) is 0 Å². The van der Waals surface area contributed by atoms with Gasteiger partial charge in [-0.05, 0) is 11.6 Å². The normalized spacial score (nSPS) is 14.2. The van der Waals surface area contributed by atoms with Crippen LogP contribution in [0.15, 0.2) is 24.5 Å². The summed E-state index contributed by atoms with van der Waals surface area (Å²) in [6.45, 7) is 0. The first kappa shape index (κ1) is 11.1. The number of aliphatic hydroxyl groups excluding tert-OH is 1. The zero-order valence-electron chi connectivity index (χ0n) is 6.62. The van der Waals surface area contributed by atoms with Gasteiger partial charge in [-0.3, -0.25) is 4.98 Å². The Morgan fingerprint density at radius 3 is 2.62 bits per heavy atom. The van der Waals surface area contributed by atoms with Crippen molar-refractivity contribution < 1.29 is 5.11 Å². The average Bonchev–Trinajstić information content (AvgIpc) is 2.04. The zero-order chi connectivity index (χ0) is 9.90. The first-order chi connectivity index (χ1) is 6.00. The quantitative estimate of drug-likeness (QED) is 0.805. The van der Waals surface area contributed by atoms with Crippen LogP contribution in [0, 0.1) is 0 Å². The summed E-state index contributed by atoms with van der Waals surface area (Å²) in [5.74, 6) is 0. The third kappa shape index (κ3) is 3.69. The second kappa shape index (κ2) is 4.47. The highest BCUT2D eigenvalue weighted by molar-refractivity contribution is 6.68. The van der Waals surface area contributed by atoms with Gasteiger partial charge in [0.05, 0.1) is 0 Å². The molecule has 72 valence electrons. The molecule has 1 rings (SSSR count). The third-order valence-electron chi connectivity index (χ3n) is 1.53. The molecule has 1 aromatic heterocycles. The molecule has 0 aliphatic heterocycles. The minimum atomic E-state index is -1.64. The number of aliphatic hydroxyl groups is 1. The molecule has 1 unspecified atom stereocenters. The number of aromatic nitrogens is 1. The van der Waals surface area contributed by atoms with Crippen LogP contribution in [0.4, 0.5) is 0 Å². The lowest BCUT2D eigenvalue weighted by atomic mass is 10.1. The van der Waals surface area contributed by atoms with Gasteiger partial charge in [-0.25, -0.2) is 0 Å². The Kier molecular flexibility index (Phi) is 3.80. The molecule has 0 amide bonds. The van der Waals surface area contributed by atoms with Gasteiger partial charge in [-0.1, -0.05) is 40.9 Å². The molecule has 1 aromatic rings. The highest BCUT2D eigenvalue weighted by atomic mass is 35.6. The minimum Gasteiger partial charge on any atom is -0.388 e. The van der Waals surface area contributed by atoms with E-state index >= 15 is 0 Å². The molecular weight excluding hydrogens is 232 g/mol. The topological polar surface area (TPSA) is 33.1 Å². The summed E-state index contributed by atoms with van der Waals surface area (Å²) in [5.41, 5.74) is 0.835. The van der Waals surface area contributed by atoms with Crippen molar-refractivity contribution in [1.82, 2.24) is 4.98 Å². The summed E-state index contributed by atoms with van der Waals surface area (Å²) >= 11 is 16.5. The van der Waals surface area contributed by atoms with Gasteiger partial charge in [0.25, 0.3) is 0 Å². The van der Waals surface area contributed by atoms with Crippen molar-refractivity contribution in [2.24, 2.45) is 0 Å². The van der Waals surface area contributed by atoms with E-state index in [1.165, 1.54) is 0 Å². The van der Waals surface area contributed by atoms with Crippen LogP contribution in [0.25, 0.3) is 0 Å². The summed E-state index contributed by atoms with van der Waals surface area (Å²) in [6.07, 6.45) is 2.54. The molecule has 0 spiro atoms. The van der Waals surface area contributed by atoms with Crippen LogP contribution in [-0.4, -0.2) is 20.0 Å². The predicted octanol–water partition coefficient (Wildman–Crippen LogP) is 2.36. The Morgan fingerprint density at radius 2 is 2.15 bits per heavy atom. The van der Waals surface area contributed by atoms with Gasteiger partial charge in [0, 0.05) is 18.8 Å². The number of pyridine rings is 1. The second-order valence-electron chi connectivity index (χ2n) is 2.62. The minimum absolute atomic E-state index is 0.282. The standard InChI is InChI=1S/C8H8Cl3NO/c9-8(10,11)7(13)4-6-2-1-3-12-5-6/h1-3,5,7,13H,4H2. The molecule has 0 aliphatic rings. The van der Waals surface area contributed by atoms with Crippen LogP contribution in [0.5, 0.6) is 0 Å². The third-order valence-corrected chi connectivity index (χ3v) is 2.29. The molecule has 0 aromatic carbocycles. The number of hydrogen-bond donors (Lipinski definition) is 1. The van der Waals surface area contributed by atoms with Crippen molar-refractivity contribution in [1.29, 1.82) is 0 Å². The molecule has 0 aliphatic carbocycles. The Hall–Kier alpha value is -0.0200. The predicted molar refractivity (Wildman–Crippen MR) is 54.2 cm³/mol. The maximum absolute atomic E-state index is 9.42. The highest BCUT2D eigenvalue weighted by Crippen LogP contribution is 2.31. The van der Waals surface area contributed by atoms with E-state index in [4.69, 9.17) is 34.8 Å². The van der Waals surface area contributed by atoms with Crippen LogP contribution in [0.2, 0.25) is 0 Å². The summed E-state index contributed by atoms with van der Waals surface area (Å²) in [5, 5.41) is 9.42. The smallest absolute Gasteiger partial charge is 0.216 e. The molecule has 5 heteroatoms. The number of rotatable bonds is 2. The van der Waals surface area contributed by atoms with E-state index in [2.05, 4.69) is 4.98 Å². The fourth-order valence-corrected chi connectivity index (χ4v) is 1.09. The average molecular weight is 241 g/mol. The molecule has 0 fully saturated rings. The molecule has 2 nitrogen and oxygen atoms in total. The van der Waals surface area contributed by atoms with Crippen LogP contribution < -0.4 is 0 Å². The lowest BCUT2D eigenvalue weighted by molar-refractivity contribution is 0.179. The molecule has 1 N–H and O–H groups in total. The lowest BCUT2D eigenvalue weighted by Gasteiger charge is -2.18. The Morgan fingerprint density at radius 1 is 1.46 bits per heavy atom. The van der Waals surface area contributed by atoms with Gasteiger partial charge in [0.2, 0.25) is 3.79 Å². The fraction of sp³-hybridized carbons (Fsp3) is 0.375. The van der Waals surface area contributed by atoms with E-state index < -0.39 is 9.90 Å². The molecule has 0 bridgehead atoms. The molecule has 0 saturated heterocycles. The van der Waals surface area contributed by atoms with E-state index in [-0.39, 0.29) is 6.42 Å². The molecule has 0 radical (unpaired) electrons. The van der Waals surface area contributed by atoms with Crippen molar-refractivity contribution in [3.05, 3.63) is 30.1 Å². The van der Waals surface area contributed by atoms with Crippen molar-refractivity contribution in [2.45, 2.75) is 16.3 Å². The Labute approximate surface area is 91.4 Å². The summed E-state index contributed by atoms with van der Waals surface area (Å²) in [4.78, 5) is 3.88. The highest BCUT2D eigenvalue weighted by Gasteiger charge is 2.30. The van der Waals surface area contributed by atoms with Gasteiger partial charge >= 0.3 is 0 Å². The van der Waals surface area contributed by atoms with Gasteiger partial charge in [0.1, 0.15) is 6.10 Å². The van der Waals surface area contributed by atoms with Crippen molar-refractivity contribution in [3.8, 4) is 0 Å². The number of halogens is 3. The van der Waals surface area contributed by atoms with Gasteiger partial charge < -0.3 is 5.11 Å². The SMILES string of the molecule is OC(Cc1cccnc1)C(Cl)(Cl)Cl.